The molecular formula is C38H41N5O3S. The number of aromatic nitrogens is 2. The SMILES string of the molecule is Cc1cc(C)cc(-c2[nH]c3ccc(Nc4ncc(-c5ccccc5)o4)cc3c2CCNCCCCc2ccc(NS(C)(=O)=O)cc2)c1. The third kappa shape index (κ3) is 8.49. The van der Waals surface area contributed by atoms with Crippen molar-refractivity contribution in [3.05, 3.63) is 119 Å². The van der Waals surface area contributed by atoms with Crippen LogP contribution >= 0.6 is 0 Å². The number of aryl methyl sites for hydroxylation is 3. The smallest absolute Gasteiger partial charge is 0.299 e. The molecule has 0 spiro atoms. The third-order valence-electron chi connectivity index (χ3n) is 8.11. The highest BCUT2D eigenvalue weighted by Crippen LogP contribution is 2.34. The van der Waals surface area contributed by atoms with Crippen LogP contribution in [0.15, 0.2) is 102 Å². The number of unbranched alkanes of at least 4 members (excludes halogenated alkanes) is 1. The van der Waals surface area contributed by atoms with E-state index in [1.165, 1.54) is 33.2 Å². The summed E-state index contributed by atoms with van der Waals surface area (Å²) in [6.45, 7) is 6.07. The quantitative estimate of drug-likeness (QED) is 0.0884. The van der Waals surface area contributed by atoms with E-state index in [4.69, 9.17) is 4.42 Å². The molecule has 6 aromatic rings. The largest absolute Gasteiger partial charge is 0.423 e. The Morgan fingerprint density at radius 3 is 2.28 bits per heavy atom. The van der Waals surface area contributed by atoms with Gasteiger partial charge in [-0.05, 0) is 112 Å². The summed E-state index contributed by atoms with van der Waals surface area (Å²) in [6.07, 6.45) is 6.83. The molecule has 9 heteroatoms. The Morgan fingerprint density at radius 2 is 1.53 bits per heavy atom. The van der Waals surface area contributed by atoms with Crippen molar-refractivity contribution in [1.29, 1.82) is 0 Å². The van der Waals surface area contributed by atoms with Crippen LogP contribution in [0.4, 0.5) is 17.4 Å². The first kappa shape index (κ1) is 32.1. The van der Waals surface area contributed by atoms with Crippen molar-refractivity contribution in [3.8, 4) is 22.6 Å². The molecule has 0 fully saturated rings. The fraction of sp³-hybridized carbons (Fsp3) is 0.237. The molecule has 0 unspecified atom stereocenters. The van der Waals surface area contributed by atoms with Crippen molar-refractivity contribution in [2.24, 2.45) is 0 Å². The van der Waals surface area contributed by atoms with E-state index in [1.54, 1.807) is 6.20 Å². The number of nitrogens with zero attached hydrogens (tertiary/aromatic N) is 1. The maximum Gasteiger partial charge on any atom is 0.299 e. The van der Waals surface area contributed by atoms with Crippen LogP contribution in [0.5, 0.6) is 0 Å². The zero-order chi connectivity index (χ0) is 32.8. The van der Waals surface area contributed by atoms with Crippen LogP contribution in [0.25, 0.3) is 33.5 Å². The molecule has 0 saturated heterocycles. The molecule has 2 heterocycles. The number of nitrogens with one attached hydrogen (secondary N) is 4. The van der Waals surface area contributed by atoms with Gasteiger partial charge < -0.3 is 20.0 Å². The van der Waals surface area contributed by atoms with E-state index in [0.29, 0.717) is 11.7 Å². The minimum absolute atomic E-state index is 0.456. The summed E-state index contributed by atoms with van der Waals surface area (Å²) >= 11 is 0. The summed E-state index contributed by atoms with van der Waals surface area (Å²) in [5.41, 5.74) is 10.9. The number of anilines is 3. The van der Waals surface area contributed by atoms with Crippen molar-refractivity contribution in [2.75, 3.05) is 29.4 Å². The summed E-state index contributed by atoms with van der Waals surface area (Å²) in [7, 11) is -3.26. The molecule has 6 rings (SSSR count). The van der Waals surface area contributed by atoms with E-state index in [0.717, 1.165) is 73.3 Å². The van der Waals surface area contributed by atoms with Gasteiger partial charge in [-0.3, -0.25) is 4.72 Å². The fourth-order valence-electron chi connectivity index (χ4n) is 6.01. The summed E-state index contributed by atoms with van der Waals surface area (Å²) < 4.78 is 31.4. The molecule has 8 nitrogen and oxygen atoms in total. The summed E-state index contributed by atoms with van der Waals surface area (Å²) in [4.78, 5) is 8.18. The topological polar surface area (TPSA) is 112 Å². The maximum atomic E-state index is 11.4. The van der Waals surface area contributed by atoms with Gasteiger partial charge in [-0.2, -0.15) is 0 Å². The van der Waals surface area contributed by atoms with Gasteiger partial charge >= 0.3 is 0 Å². The zero-order valence-electron chi connectivity index (χ0n) is 27.1. The number of aromatic amines is 1. The number of benzene rings is 4. The molecule has 0 aliphatic rings. The maximum absolute atomic E-state index is 11.4. The van der Waals surface area contributed by atoms with Gasteiger partial charge in [0.05, 0.1) is 12.5 Å². The second-order valence-corrected chi connectivity index (χ2v) is 13.9. The predicted octanol–water partition coefficient (Wildman–Crippen LogP) is 8.38. The highest BCUT2D eigenvalue weighted by atomic mass is 32.2. The molecule has 242 valence electrons. The second kappa shape index (κ2) is 14.3. The number of H-pyrrole nitrogens is 1. The van der Waals surface area contributed by atoms with Crippen LogP contribution in [-0.2, 0) is 22.9 Å². The van der Waals surface area contributed by atoms with E-state index in [-0.39, 0.29) is 0 Å². The molecule has 0 amide bonds. The normalized spacial score (nSPS) is 11.6. The molecule has 47 heavy (non-hydrogen) atoms. The molecular weight excluding hydrogens is 607 g/mol. The number of oxazole rings is 1. The highest BCUT2D eigenvalue weighted by Gasteiger charge is 2.15. The summed E-state index contributed by atoms with van der Waals surface area (Å²) in [5.74, 6) is 0.722. The van der Waals surface area contributed by atoms with Gasteiger partial charge in [-0.15, -0.1) is 0 Å². The molecule has 4 aromatic carbocycles. The van der Waals surface area contributed by atoms with Crippen molar-refractivity contribution < 1.29 is 12.8 Å². The number of rotatable bonds is 14. The summed E-state index contributed by atoms with van der Waals surface area (Å²) in [5, 5.41) is 8.19. The van der Waals surface area contributed by atoms with Gasteiger partial charge in [0, 0.05) is 33.5 Å². The van der Waals surface area contributed by atoms with Crippen molar-refractivity contribution in [2.45, 2.75) is 39.5 Å². The average molecular weight is 648 g/mol. The van der Waals surface area contributed by atoms with Crippen LogP contribution < -0.4 is 15.4 Å². The van der Waals surface area contributed by atoms with Gasteiger partial charge in [0.1, 0.15) is 0 Å². The molecule has 0 aliphatic heterocycles. The molecule has 0 radical (unpaired) electrons. The summed E-state index contributed by atoms with van der Waals surface area (Å²) in [6, 6.07) is 31.1. The fourth-order valence-corrected chi connectivity index (χ4v) is 6.58. The molecule has 4 N–H and O–H groups in total. The Balaban J connectivity index is 1.12. The Morgan fingerprint density at radius 1 is 0.787 bits per heavy atom. The molecule has 0 aliphatic carbocycles. The number of hydrogen-bond donors (Lipinski definition) is 4. The molecule has 0 saturated carbocycles. The van der Waals surface area contributed by atoms with E-state index < -0.39 is 10.0 Å². The van der Waals surface area contributed by atoms with E-state index in [2.05, 4.69) is 69.5 Å². The zero-order valence-corrected chi connectivity index (χ0v) is 27.9. The third-order valence-corrected chi connectivity index (χ3v) is 8.72. The number of sulfonamides is 1. The van der Waals surface area contributed by atoms with E-state index in [1.807, 2.05) is 60.7 Å². The first-order chi connectivity index (χ1) is 22.7. The van der Waals surface area contributed by atoms with Crippen LogP contribution in [0.1, 0.15) is 35.1 Å². The lowest BCUT2D eigenvalue weighted by molar-refractivity contribution is 0.592. The second-order valence-electron chi connectivity index (χ2n) is 12.2. The van der Waals surface area contributed by atoms with Gasteiger partial charge in [-0.25, -0.2) is 13.4 Å². The minimum atomic E-state index is -3.26. The monoisotopic (exact) mass is 647 g/mol. The Bertz CT molecular complexity index is 2050. The van der Waals surface area contributed by atoms with Crippen molar-refractivity contribution >= 4 is 38.3 Å². The van der Waals surface area contributed by atoms with Crippen LogP contribution in [0, 0.1) is 13.8 Å². The Kier molecular flexibility index (Phi) is 9.75. The van der Waals surface area contributed by atoms with Gasteiger partial charge in [0.2, 0.25) is 10.0 Å². The lowest BCUT2D eigenvalue weighted by Crippen LogP contribution is -2.18. The lowest BCUT2D eigenvalue weighted by Gasteiger charge is -2.10. The van der Waals surface area contributed by atoms with Crippen molar-refractivity contribution in [3.63, 3.8) is 0 Å². The van der Waals surface area contributed by atoms with Crippen LogP contribution in [0.2, 0.25) is 0 Å². The van der Waals surface area contributed by atoms with E-state index >= 15 is 0 Å². The van der Waals surface area contributed by atoms with Gasteiger partial charge in [0.25, 0.3) is 6.01 Å². The first-order valence-corrected chi connectivity index (χ1v) is 17.9. The van der Waals surface area contributed by atoms with E-state index in [9.17, 15) is 8.42 Å². The van der Waals surface area contributed by atoms with Crippen LogP contribution in [-0.4, -0.2) is 37.7 Å². The number of hydrogen-bond acceptors (Lipinski definition) is 6. The van der Waals surface area contributed by atoms with Crippen LogP contribution in [0.3, 0.4) is 0 Å². The Hall–Kier alpha value is -4.86. The standard InChI is InChI=1S/C38H41N5O3S/c1-26-21-27(2)23-30(22-26)37-33(18-20-39-19-8-7-9-28-12-14-31(15-13-28)43-47(3,44)45)34-24-32(16-17-35(34)42-37)41-38-40-25-36(46-38)29-10-5-4-6-11-29/h4-6,10-17,21-25,39,42-43H,7-9,18-20H2,1-3H3,(H,40,41). The van der Waals surface area contributed by atoms with Crippen molar-refractivity contribution in [1.82, 2.24) is 15.3 Å². The first-order valence-electron chi connectivity index (χ1n) is 16.0. The number of fused-ring (bicyclic) bond motifs is 1. The highest BCUT2D eigenvalue weighted by molar-refractivity contribution is 7.92. The Labute approximate surface area is 276 Å². The van der Waals surface area contributed by atoms with Gasteiger partial charge in [-0.1, -0.05) is 59.7 Å². The predicted molar refractivity (Wildman–Crippen MR) is 193 cm³/mol. The molecule has 0 atom stereocenters. The molecule has 0 bridgehead atoms. The average Bonchev–Trinajstić information content (AvgIpc) is 3.65. The lowest BCUT2D eigenvalue weighted by atomic mass is 9.99. The minimum Gasteiger partial charge on any atom is -0.423 e. The molecule has 2 aromatic heterocycles. The van der Waals surface area contributed by atoms with Gasteiger partial charge in [0.15, 0.2) is 5.76 Å².